The molecule has 3 rings (SSSR count). The topological polar surface area (TPSA) is 110 Å². The van der Waals surface area contributed by atoms with Crippen molar-refractivity contribution >= 4 is 11.7 Å². The largest absolute Gasteiger partial charge is 0.325 e. The summed E-state index contributed by atoms with van der Waals surface area (Å²) in [5.41, 5.74) is 2.83. The average Bonchev–Trinajstić information content (AvgIpc) is 2.91. The third-order valence-corrected chi connectivity index (χ3v) is 3.15. The number of Topliss-reactive ketones (excluding diaryl/α,β-unsaturated/α-hetero) is 1. The molecule has 102 valence electrons. The highest BCUT2D eigenvalue weighted by atomic mass is 16.2. The molecule has 0 saturated heterocycles. The molecule has 0 spiro atoms. The number of rotatable bonds is 2. The van der Waals surface area contributed by atoms with Crippen LogP contribution < -0.4 is 11.0 Å². The molecule has 1 aliphatic rings. The Morgan fingerprint density at radius 3 is 2.75 bits per heavy atom. The van der Waals surface area contributed by atoms with Crippen molar-refractivity contribution in [3.63, 3.8) is 0 Å². The molecule has 0 atom stereocenters. The van der Waals surface area contributed by atoms with Crippen LogP contribution in [0.5, 0.6) is 0 Å². The van der Waals surface area contributed by atoms with Crippen LogP contribution in [0.3, 0.4) is 0 Å². The fourth-order valence-corrected chi connectivity index (χ4v) is 2.18. The maximum Gasteiger partial charge on any atom is 0.275 e. The number of fused-ring (bicyclic) bond motifs is 1. The van der Waals surface area contributed by atoms with Gasteiger partial charge in [0.1, 0.15) is 18.2 Å². The number of nitrogens with zero attached hydrogens (tertiary/aromatic N) is 3. The Bertz CT molecular complexity index is 732. The van der Waals surface area contributed by atoms with Crippen LogP contribution in [0.1, 0.15) is 39.3 Å². The van der Waals surface area contributed by atoms with Gasteiger partial charge in [0.05, 0.1) is 0 Å². The van der Waals surface area contributed by atoms with E-state index >= 15 is 0 Å². The van der Waals surface area contributed by atoms with Gasteiger partial charge in [0, 0.05) is 17.7 Å². The van der Waals surface area contributed by atoms with Gasteiger partial charge >= 0.3 is 0 Å². The van der Waals surface area contributed by atoms with E-state index in [9.17, 15) is 14.4 Å². The second-order valence-corrected chi connectivity index (χ2v) is 4.49. The van der Waals surface area contributed by atoms with Gasteiger partial charge in [-0.1, -0.05) is 0 Å². The van der Waals surface area contributed by atoms with Crippen molar-refractivity contribution in [2.75, 3.05) is 5.43 Å². The quantitative estimate of drug-likeness (QED) is 0.792. The van der Waals surface area contributed by atoms with E-state index in [1.807, 2.05) is 0 Å². The molecule has 0 aliphatic heterocycles. The van der Waals surface area contributed by atoms with Crippen LogP contribution in [0.15, 0.2) is 23.5 Å². The highest BCUT2D eigenvalue weighted by Crippen LogP contribution is 2.18. The summed E-state index contributed by atoms with van der Waals surface area (Å²) in [6.45, 7) is 0. The monoisotopic (exact) mass is 273 g/mol. The summed E-state index contributed by atoms with van der Waals surface area (Å²) < 4.78 is 1.23. The molecule has 2 heterocycles. The molecule has 8 nitrogen and oxygen atoms in total. The van der Waals surface area contributed by atoms with Crippen LogP contribution >= 0.6 is 0 Å². The maximum atomic E-state index is 12.0. The first kappa shape index (κ1) is 12.3. The van der Waals surface area contributed by atoms with E-state index < -0.39 is 11.5 Å². The molecule has 0 saturated carbocycles. The molecular weight excluding hydrogens is 262 g/mol. The van der Waals surface area contributed by atoms with Crippen LogP contribution in [0.25, 0.3) is 0 Å². The van der Waals surface area contributed by atoms with Crippen LogP contribution in [-0.4, -0.2) is 31.5 Å². The highest BCUT2D eigenvalue weighted by molar-refractivity contribution is 6.03. The normalized spacial score (nSPS) is 13.9. The number of aromatic amines is 1. The lowest BCUT2D eigenvalue weighted by atomic mass is 9.94. The number of carbonyl (C=O) groups is 2. The molecule has 20 heavy (non-hydrogen) atoms. The summed E-state index contributed by atoms with van der Waals surface area (Å²) in [4.78, 5) is 38.3. The average molecular weight is 273 g/mol. The van der Waals surface area contributed by atoms with Crippen molar-refractivity contribution in [3.8, 4) is 0 Å². The summed E-state index contributed by atoms with van der Waals surface area (Å²) in [7, 11) is 0. The van der Waals surface area contributed by atoms with Gasteiger partial charge in [0.15, 0.2) is 5.78 Å². The first-order valence-corrected chi connectivity index (χ1v) is 6.10. The molecule has 0 unspecified atom stereocenters. The summed E-state index contributed by atoms with van der Waals surface area (Å²) in [5.74, 6) is -0.673. The third-order valence-electron chi connectivity index (χ3n) is 3.15. The van der Waals surface area contributed by atoms with Gasteiger partial charge in [0.25, 0.3) is 11.5 Å². The van der Waals surface area contributed by atoms with Gasteiger partial charge in [-0.3, -0.25) is 19.8 Å². The lowest BCUT2D eigenvalue weighted by Crippen LogP contribution is -2.30. The van der Waals surface area contributed by atoms with Gasteiger partial charge in [0.2, 0.25) is 0 Å². The zero-order valence-corrected chi connectivity index (χ0v) is 10.4. The number of hydrogen-bond acceptors (Lipinski definition) is 5. The minimum atomic E-state index is -0.618. The summed E-state index contributed by atoms with van der Waals surface area (Å²) in [6.07, 6.45) is 4.37. The lowest BCUT2D eigenvalue weighted by molar-refractivity contribution is 0.0971. The predicted molar refractivity (Wildman–Crippen MR) is 68.0 cm³/mol. The van der Waals surface area contributed by atoms with Gasteiger partial charge in [-0.25, -0.2) is 4.68 Å². The van der Waals surface area contributed by atoms with Crippen LogP contribution in [0.2, 0.25) is 0 Å². The third kappa shape index (κ3) is 2.11. The fraction of sp³-hybridized carbons (Fsp3) is 0.250. The molecule has 0 fully saturated rings. The number of amides is 1. The van der Waals surface area contributed by atoms with E-state index in [0.29, 0.717) is 30.5 Å². The van der Waals surface area contributed by atoms with E-state index in [1.54, 1.807) is 0 Å². The van der Waals surface area contributed by atoms with Crippen LogP contribution in [-0.2, 0) is 6.42 Å². The summed E-state index contributed by atoms with van der Waals surface area (Å²) in [6, 6.07) is 1.36. The van der Waals surface area contributed by atoms with Crippen molar-refractivity contribution in [3.05, 3.63) is 45.9 Å². The Morgan fingerprint density at radius 1 is 1.25 bits per heavy atom. The molecule has 8 heteroatoms. The SMILES string of the molecule is O=C1CCCc2[nH]c(=O)c(C(=O)Nn3cnnc3)cc21. The zero-order chi connectivity index (χ0) is 14.1. The molecule has 0 radical (unpaired) electrons. The molecular formula is C12H11N5O3. The molecule has 0 bridgehead atoms. The molecule has 2 aromatic heterocycles. The number of ketones is 1. The molecule has 2 aromatic rings. The van der Waals surface area contributed by atoms with Crippen molar-refractivity contribution in [1.82, 2.24) is 19.9 Å². The fourth-order valence-electron chi connectivity index (χ4n) is 2.18. The maximum absolute atomic E-state index is 12.0. The first-order valence-electron chi connectivity index (χ1n) is 6.10. The second-order valence-electron chi connectivity index (χ2n) is 4.49. The number of hydrogen-bond donors (Lipinski definition) is 2. The number of carbonyl (C=O) groups excluding carboxylic acids is 2. The first-order chi connectivity index (χ1) is 9.65. The Balaban J connectivity index is 1.97. The van der Waals surface area contributed by atoms with E-state index in [0.717, 1.165) is 0 Å². The van der Waals surface area contributed by atoms with Crippen LogP contribution in [0, 0.1) is 0 Å². The molecule has 1 aliphatic carbocycles. The Morgan fingerprint density at radius 2 is 2.00 bits per heavy atom. The van der Waals surface area contributed by atoms with Gasteiger partial charge in [-0.15, -0.1) is 10.2 Å². The second kappa shape index (κ2) is 4.72. The Hall–Kier alpha value is -2.77. The van der Waals surface area contributed by atoms with E-state index in [1.165, 1.54) is 23.4 Å². The minimum absolute atomic E-state index is 0.0548. The van der Waals surface area contributed by atoms with E-state index in [-0.39, 0.29) is 11.3 Å². The number of H-pyrrole nitrogens is 1. The van der Waals surface area contributed by atoms with E-state index in [2.05, 4.69) is 20.6 Å². The minimum Gasteiger partial charge on any atom is -0.325 e. The van der Waals surface area contributed by atoms with Crippen LogP contribution in [0.4, 0.5) is 0 Å². The highest BCUT2D eigenvalue weighted by Gasteiger charge is 2.22. The molecule has 2 N–H and O–H groups in total. The Kier molecular flexibility index (Phi) is 2.90. The van der Waals surface area contributed by atoms with Crippen molar-refractivity contribution < 1.29 is 9.59 Å². The smallest absolute Gasteiger partial charge is 0.275 e. The van der Waals surface area contributed by atoms with Crippen molar-refractivity contribution in [1.29, 1.82) is 0 Å². The standard InChI is InChI=1S/C12H11N5O3/c18-10-3-1-2-9-7(10)4-8(11(19)15-9)12(20)16-17-5-13-14-6-17/h4-6H,1-3H2,(H,15,19)(H,16,20). The number of nitrogens with one attached hydrogen (secondary N) is 2. The number of aromatic nitrogens is 4. The zero-order valence-electron chi connectivity index (χ0n) is 10.4. The number of pyridine rings is 1. The predicted octanol–water partition coefficient (Wildman–Crippen LogP) is -0.131. The molecule has 0 aromatic carbocycles. The van der Waals surface area contributed by atoms with E-state index in [4.69, 9.17) is 0 Å². The van der Waals surface area contributed by atoms with Crippen molar-refractivity contribution in [2.45, 2.75) is 19.3 Å². The van der Waals surface area contributed by atoms with Gasteiger partial charge in [-0.05, 0) is 18.9 Å². The molecule has 1 amide bonds. The summed E-state index contributed by atoms with van der Waals surface area (Å²) in [5, 5.41) is 7.06. The lowest BCUT2D eigenvalue weighted by Gasteiger charge is -2.14. The number of aryl methyl sites for hydroxylation is 1. The Labute approximate surface area is 112 Å². The summed E-state index contributed by atoms with van der Waals surface area (Å²) >= 11 is 0. The van der Waals surface area contributed by atoms with Gasteiger partial charge in [-0.2, -0.15) is 0 Å². The van der Waals surface area contributed by atoms with Gasteiger partial charge < -0.3 is 4.98 Å². The van der Waals surface area contributed by atoms with Crippen molar-refractivity contribution in [2.24, 2.45) is 0 Å².